The molecule has 10 nitrogen and oxygen atoms in total. The summed E-state index contributed by atoms with van der Waals surface area (Å²) in [4.78, 5) is 35.1. The molecule has 15 aliphatic carbocycles. The number of carbonyl (C=O) groups is 3. The van der Waals surface area contributed by atoms with Gasteiger partial charge in [0.1, 0.15) is 19.8 Å². The Hall–Kier alpha value is -3.79. The Morgan fingerprint density at radius 2 is 0.653 bits per heavy atom. The zero-order valence-corrected chi connectivity index (χ0v) is 80.0. The van der Waals surface area contributed by atoms with Crippen LogP contribution in [0.5, 0.6) is 0 Å². The number of fused-ring (bicyclic) bond motifs is 21. The molecule has 666 valence electrons. The molecule has 0 aromatic rings. The van der Waals surface area contributed by atoms with Crippen LogP contribution in [0.1, 0.15) is 357 Å². The second kappa shape index (κ2) is 32.3. The molecule has 0 spiro atoms. The van der Waals surface area contributed by atoms with Crippen molar-refractivity contribution < 1.29 is 33.7 Å². The molecule has 0 heterocycles. The van der Waals surface area contributed by atoms with Crippen molar-refractivity contribution in [2.24, 2.45) is 193 Å². The van der Waals surface area contributed by atoms with E-state index in [1.54, 1.807) is 0 Å². The molecule has 15 saturated carbocycles. The smallest absolute Gasteiger partial charge is 0.302 e. The second-order valence-corrected chi connectivity index (χ2v) is 48.1. The SMILES string of the molecule is C=C(COC(C)=O)C1CC[C@]2(C(=C)NC)CC[C@]3(C)C(CC[C@@H]4[C@@]5(C)CC[C@H](C)[C@@](C)(CC)[C@@H]5CC[C@]43C)[C@@H]12.C=C(COC(C)=O)C1CC[C@]2(C(=C)NCCO)CC[C@]3(C)C(CC[C@@H]4[C@@]5(C)CC[C@H](C)[C@@](C)(CC)[C@@H]5CC[C@]43C)[C@@H]12.C=C(COC(C)=O)[C@@H]1CC[C@]2(C(=C)N)CC[C@]3(C)C(CC[C@@H]4[C@@]5(C)CC[C@H](C)[C@@](C)(CC)[C@@H]5CC[C@]43C)[C@@H]12. The van der Waals surface area contributed by atoms with Gasteiger partial charge in [0, 0.05) is 67.7 Å². The molecule has 0 saturated heterocycles. The monoisotopic (exact) mass is 1630 g/mol. The van der Waals surface area contributed by atoms with Crippen molar-refractivity contribution in [2.75, 3.05) is 40.0 Å². The summed E-state index contributed by atoms with van der Waals surface area (Å²) in [5.41, 5.74) is 18.1. The maximum absolute atomic E-state index is 11.7. The first-order chi connectivity index (χ1) is 55.2. The molecule has 15 rings (SSSR count). The van der Waals surface area contributed by atoms with E-state index in [-0.39, 0.29) is 46.2 Å². The van der Waals surface area contributed by atoms with Crippen LogP contribution in [-0.2, 0) is 28.6 Å². The molecule has 33 atom stereocenters. The highest BCUT2D eigenvalue weighted by molar-refractivity contribution is 5.67. The number of aliphatic hydroxyl groups is 1. The van der Waals surface area contributed by atoms with E-state index in [9.17, 15) is 19.5 Å². The quantitative estimate of drug-likeness (QED) is 0.0559. The Morgan fingerprint density at radius 1 is 0.364 bits per heavy atom. The van der Waals surface area contributed by atoms with Crippen molar-refractivity contribution in [1.29, 1.82) is 0 Å². The van der Waals surface area contributed by atoms with Gasteiger partial charge in [0.2, 0.25) is 0 Å². The molecule has 0 aromatic heterocycles. The van der Waals surface area contributed by atoms with E-state index in [2.05, 4.69) is 182 Å². The van der Waals surface area contributed by atoms with Gasteiger partial charge in [-0.2, -0.15) is 0 Å². The van der Waals surface area contributed by atoms with Gasteiger partial charge in [0.25, 0.3) is 0 Å². The van der Waals surface area contributed by atoms with Crippen LogP contribution in [0.25, 0.3) is 0 Å². The zero-order chi connectivity index (χ0) is 86.5. The molecule has 0 aromatic carbocycles. The predicted molar refractivity (Wildman–Crippen MR) is 487 cm³/mol. The van der Waals surface area contributed by atoms with Crippen molar-refractivity contribution in [2.45, 2.75) is 357 Å². The van der Waals surface area contributed by atoms with E-state index in [1.165, 1.54) is 193 Å². The maximum atomic E-state index is 11.7. The fourth-order valence-corrected chi connectivity index (χ4v) is 38.0. The summed E-state index contributed by atoms with van der Waals surface area (Å²) < 4.78 is 16.5. The number of esters is 3. The maximum Gasteiger partial charge on any atom is 0.302 e. The number of nitrogens with one attached hydrogen (secondary N) is 2. The van der Waals surface area contributed by atoms with Gasteiger partial charge in [-0.15, -0.1) is 0 Å². The number of carbonyl (C=O) groups excluding carboxylic acids is 3. The fraction of sp³-hybridized carbons (Fsp3) is 0.861. The first-order valence-electron chi connectivity index (χ1n) is 49.5. The molecule has 0 amide bonds. The van der Waals surface area contributed by atoms with Crippen LogP contribution < -0.4 is 16.4 Å². The van der Waals surface area contributed by atoms with Crippen LogP contribution in [0.4, 0.5) is 0 Å². The molecule has 0 aliphatic heterocycles. The van der Waals surface area contributed by atoms with Crippen LogP contribution >= 0.6 is 0 Å². The van der Waals surface area contributed by atoms with E-state index >= 15 is 0 Å². The molecule has 0 bridgehead atoms. The van der Waals surface area contributed by atoms with Crippen molar-refractivity contribution in [3.63, 3.8) is 0 Å². The van der Waals surface area contributed by atoms with Crippen molar-refractivity contribution in [3.05, 3.63) is 73.3 Å². The van der Waals surface area contributed by atoms with E-state index in [0.29, 0.717) is 139 Å². The number of ether oxygens (including phenoxy) is 3. The number of rotatable bonds is 19. The highest BCUT2D eigenvalue weighted by Crippen LogP contribution is 2.83. The van der Waals surface area contributed by atoms with Crippen molar-refractivity contribution in [3.8, 4) is 0 Å². The molecule has 15 aliphatic rings. The first-order valence-corrected chi connectivity index (χ1v) is 49.5. The van der Waals surface area contributed by atoms with Gasteiger partial charge >= 0.3 is 17.9 Å². The molecule has 118 heavy (non-hydrogen) atoms. The largest absolute Gasteiger partial charge is 0.461 e. The van der Waals surface area contributed by atoms with Gasteiger partial charge in [-0.25, -0.2) is 0 Å². The Bertz CT molecular complexity index is 3840. The summed E-state index contributed by atoms with van der Waals surface area (Å²) in [5, 5.41) is 16.7. The Balaban J connectivity index is 0.000000154. The number of hydrogen-bond donors (Lipinski definition) is 4. The molecule has 15 fully saturated rings. The normalized spacial score (nSPS) is 50.3. The highest BCUT2D eigenvalue weighted by atomic mass is 16.5. The molecule has 0 radical (unpaired) electrons. The minimum absolute atomic E-state index is 0.0133. The zero-order valence-electron chi connectivity index (χ0n) is 80.0. The lowest BCUT2D eigenvalue weighted by Gasteiger charge is -2.73. The summed E-state index contributed by atoms with van der Waals surface area (Å²) in [5.74, 6) is 11.2. The van der Waals surface area contributed by atoms with Gasteiger partial charge in [0.05, 0.1) is 6.61 Å². The minimum atomic E-state index is -0.225. The average Bonchev–Trinajstić information content (AvgIpc) is 1.10. The van der Waals surface area contributed by atoms with Crippen LogP contribution in [-0.4, -0.2) is 63.0 Å². The topological polar surface area (TPSA) is 149 Å². The number of allylic oxidation sites excluding steroid dienone is 3. The van der Waals surface area contributed by atoms with Gasteiger partial charge < -0.3 is 35.7 Å². The molecule has 10 heteroatoms. The third-order valence-electron chi connectivity index (χ3n) is 46.0. The predicted octanol–water partition coefficient (Wildman–Crippen LogP) is 25.9. The Labute approximate surface area is 722 Å². The van der Waals surface area contributed by atoms with Crippen LogP contribution in [0.15, 0.2) is 73.3 Å². The third-order valence-corrected chi connectivity index (χ3v) is 46.0. The summed E-state index contributed by atoms with van der Waals surface area (Å²) in [6, 6.07) is 0. The molecule has 5 unspecified atom stereocenters. The summed E-state index contributed by atoms with van der Waals surface area (Å²) >= 11 is 0. The number of hydrogen-bond acceptors (Lipinski definition) is 10. The molecule has 5 N–H and O–H groups in total. The van der Waals surface area contributed by atoms with E-state index in [4.69, 9.17) is 19.9 Å². The Morgan fingerprint density at radius 3 is 0.932 bits per heavy atom. The first kappa shape index (κ1) is 91.9. The molecular formula is C108H177N3O7. The lowest BCUT2D eigenvalue weighted by atomic mass is 9.31. The standard InChI is InChI=1S/C37H61NO3.C36H59NO2.C35H57NO2/c1-10-33(6)25(3)13-16-34(7)30(33)15-17-36(9)31(34)12-11-29-32-28(24(2)23-41-27(5)40)14-18-37(32,20-19-35(29,36)8)26(4)38-21-22-39;1-11-32(6)24(3)14-17-33(7)29(32)16-18-35(9)30(33)13-12-28-31-27(23(2)22-39-26(5)38)15-19-36(31,25(4)37-10)21-20-34(28,35)8;1-10-31(6)23(3)13-16-32(7)28(31)15-17-34(9)29(32)12-11-27-30-26(22(2)21-38-25(5)37)14-18-35(30,24(4)36)20-19-33(27,34)8/h25,28-32,38-39H,2,4,10-23H2,1,3,5-9H3;24,27-31,37H,2,4,11-22H2,1,3,5-10H3;23,26-30H,2,4,10-21,36H2,1,3,5-9H3/t25-,28?,29?,30-,31+,32+,33+,34-,35+,36+,37+;24-,27?,28?,29-,30+,31+,32+,33-,34+,35+,36+;23-,26-,27?,28-,29+,30+,31+,32-,33+,34+,35+/m000/s1. The van der Waals surface area contributed by atoms with Crippen LogP contribution in [0.2, 0.25) is 0 Å². The van der Waals surface area contributed by atoms with E-state index in [0.717, 1.165) is 126 Å². The summed E-state index contributed by atoms with van der Waals surface area (Å²) in [6.07, 6.45) is 42.7. The lowest BCUT2D eigenvalue weighted by Crippen LogP contribution is -2.66. The highest BCUT2D eigenvalue weighted by Gasteiger charge is 2.76. The van der Waals surface area contributed by atoms with Gasteiger partial charge in [-0.1, -0.05) is 183 Å². The van der Waals surface area contributed by atoms with Crippen molar-refractivity contribution >= 4 is 17.9 Å². The van der Waals surface area contributed by atoms with Gasteiger partial charge in [-0.3, -0.25) is 14.4 Å². The Kier molecular flexibility index (Phi) is 25.1. The van der Waals surface area contributed by atoms with Gasteiger partial charge in [0.15, 0.2) is 0 Å². The van der Waals surface area contributed by atoms with E-state index in [1.807, 2.05) is 0 Å². The second-order valence-electron chi connectivity index (χ2n) is 48.1. The van der Waals surface area contributed by atoms with Crippen molar-refractivity contribution in [1.82, 2.24) is 10.6 Å². The number of aliphatic hydroxyl groups excluding tert-OH is 1. The number of nitrogens with two attached hydrogens (primary N) is 1. The van der Waals surface area contributed by atoms with E-state index < -0.39 is 0 Å². The summed E-state index contributed by atoms with van der Waals surface area (Å²) in [6.45, 7) is 80.9. The third kappa shape index (κ3) is 13.3. The fourth-order valence-electron chi connectivity index (χ4n) is 38.0. The van der Waals surface area contributed by atoms with Crippen LogP contribution in [0, 0.1) is 188 Å². The summed E-state index contributed by atoms with van der Waals surface area (Å²) in [7, 11) is 2.07. The molecular weight excluding hydrogens is 1450 g/mol. The minimum Gasteiger partial charge on any atom is -0.461 e. The van der Waals surface area contributed by atoms with Gasteiger partial charge in [-0.05, 0) is 381 Å². The van der Waals surface area contributed by atoms with Crippen LogP contribution in [0.3, 0.4) is 0 Å². The lowest BCUT2D eigenvalue weighted by molar-refractivity contribution is -0.242. The average molecular weight is 1630 g/mol.